The zero-order chi connectivity index (χ0) is 26.8. The number of rotatable bonds is 3. The van der Waals surface area contributed by atoms with Gasteiger partial charge in [0.05, 0.1) is 22.4 Å². The molecule has 2 aliphatic rings. The second-order valence-electron chi connectivity index (χ2n) is 11.4. The van der Waals surface area contributed by atoms with E-state index in [0.717, 1.165) is 46.4 Å². The molecule has 2 aromatic heterocycles. The molecular formula is C37H29N3. The van der Waals surface area contributed by atoms with Crippen LogP contribution in [0.15, 0.2) is 121 Å². The number of benzene rings is 4. The van der Waals surface area contributed by atoms with Crippen molar-refractivity contribution in [3.05, 3.63) is 132 Å². The van der Waals surface area contributed by atoms with Crippen LogP contribution in [0.5, 0.6) is 0 Å². The fourth-order valence-electron chi connectivity index (χ4n) is 6.72. The number of hydrogen-bond donors (Lipinski definition) is 0. The molecule has 0 saturated heterocycles. The molecule has 3 heteroatoms. The monoisotopic (exact) mass is 515 g/mol. The molecule has 0 atom stereocenters. The Morgan fingerprint density at radius 3 is 2.02 bits per heavy atom. The molecule has 0 amide bonds. The van der Waals surface area contributed by atoms with E-state index in [9.17, 15) is 0 Å². The number of fused-ring (bicyclic) bond motifs is 5. The second-order valence-corrected chi connectivity index (χ2v) is 11.4. The Bertz CT molecular complexity index is 1950. The number of allylic oxidation sites excluding steroid dienone is 4. The predicted molar refractivity (Wildman–Crippen MR) is 166 cm³/mol. The molecule has 0 spiro atoms. The molecule has 2 aliphatic carbocycles. The zero-order valence-electron chi connectivity index (χ0n) is 22.7. The van der Waals surface area contributed by atoms with Crippen LogP contribution < -0.4 is 0 Å². The highest BCUT2D eigenvalue weighted by Gasteiger charge is 2.38. The van der Waals surface area contributed by atoms with Gasteiger partial charge in [-0.2, -0.15) is 0 Å². The van der Waals surface area contributed by atoms with E-state index in [4.69, 9.17) is 9.97 Å². The van der Waals surface area contributed by atoms with Gasteiger partial charge in [-0.1, -0.05) is 105 Å². The fraction of sp³-hybridized carbons (Fsp3) is 0.135. The van der Waals surface area contributed by atoms with Crippen molar-refractivity contribution in [2.75, 3.05) is 0 Å². The van der Waals surface area contributed by atoms with Gasteiger partial charge in [0.25, 0.3) is 0 Å². The first-order valence-electron chi connectivity index (χ1n) is 14.1. The summed E-state index contributed by atoms with van der Waals surface area (Å²) in [6.45, 7) is 4.74. The van der Waals surface area contributed by atoms with E-state index in [1.54, 1.807) is 0 Å². The number of aromatic nitrogens is 3. The SMILES string of the molecule is CC1(C)C2=C(CCC=C2)c2cc3c(cc21)c1ccccc1n3-c1nc(-c2ccccc2)cc(-c2ccccc2)n1. The lowest BCUT2D eigenvalue weighted by molar-refractivity contribution is 0.652. The van der Waals surface area contributed by atoms with E-state index in [1.165, 1.54) is 33.0 Å². The summed E-state index contributed by atoms with van der Waals surface area (Å²) in [6, 6.07) is 36.4. The van der Waals surface area contributed by atoms with Gasteiger partial charge in [0, 0.05) is 27.3 Å². The standard InChI is InChI=1S/C37H29N3/c1-37(2)30-19-11-9-17-26(30)28-22-35-29(21-31(28)37)27-18-10-12-20-34(27)40(35)36-38-32(24-13-5-3-6-14-24)23-33(39-36)25-15-7-4-8-16-25/h3-8,10-16,18-23H,9,17H2,1-2H3. The van der Waals surface area contributed by atoms with E-state index in [-0.39, 0.29) is 5.41 Å². The highest BCUT2D eigenvalue weighted by atomic mass is 15.2. The fourth-order valence-corrected chi connectivity index (χ4v) is 6.72. The molecule has 192 valence electrons. The normalized spacial score (nSPS) is 15.6. The van der Waals surface area contributed by atoms with Crippen LogP contribution in [0.2, 0.25) is 0 Å². The smallest absolute Gasteiger partial charge is 0.235 e. The Morgan fingerprint density at radius 2 is 1.32 bits per heavy atom. The maximum absolute atomic E-state index is 5.20. The van der Waals surface area contributed by atoms with Gasteiger partial charge in [-0.25, -0.2) is 9.97 Å². The van der Waals surface area contributed by atoms with Gasteiger partial charge in [-0.15, -0.1) is 0 Å². The first-order valence-corrected chi connectivity index (χ1v) is 14.1. The molecule has 0 unspecified atom stereocenters. The molecule has 0 fully saturated rings. The van der Waals surface area contributed by atoms with Crippen LogP contribution in [0.4, 0.5) is 0 Å². The van der Waals surface area contributed by atoms with Gasteiger partial charge >= 0.3 is 0 Å². The topological polar surface area (TPSA) is 30.7 Å². The summed E-state index contributed by atoms with van der Waals surface area (Å²) in [5.74, 6) is 0.696. The van der Waals surface area contributed by atoms with Gasteiger partial charge < -0.3 is 0 Å². The Morgan fingerprint density at radius 1 is 0.675 bits per heavy atom. The van der Waals surface area contributed by atoms with Crippen LogP contribution in [0.25, 0.3) is 55.8 Å². The summed E-state index contributed by atoms with van der Waals surface area (Å²) in [7, 11) is 0. The largest absolute Gasteiger partial charge is 0.278 e. The van der Waals surface area contributed by atoms with Crippen molar-refractivity contribution in [3.63, 3.8) is 0 Å². The van der Waals surface area contributed by atoms with Crippen molar-refractivity contribution in [2.45, 2.75) is 32.1 Å². The third-order valence-electron chi connectivity index (χ3n) is 8.71. The molecule has 3 nitrogen and oxygen atoms in total. The van der Waals surface area contributed by atoms with Crippen LogP contribution in [-0.4, -0.2) is 14.5 Å². The molecular weight excluding hydrogens is 486 g/mol. The molecule has 40 heavy (non-hydrogen) atoms. The van der Waals surface area contributed by atoms with Crippen molar-refractivity contribution in [3.8, 4) is 28.5 Å². The molecule has 8 rings (SSSR count). The van der Waals surface area contributed by atoms with Gasteiger partial charge in [-0.05, 0) is 59.4 Å². The Kier molecular flexibility index (Phi) is 4.99. The summed E-state index contributed by atoms with van der Waals surface area (Å²) in [4.78, 5) is 10.4. The maximum atomic E-state index is 5.20. The van der Waals surface area contributed by atoms with Gasteiger partial charge in [0.15, 0.2) is 0 Å². The van der Waals surface area contributed by atoms with E-state index >= 15 is 0 Å². The maximum Gasteiger partial charge on any atom is 0.235 e. The second kappa shape index (κ2) is 8.62. The summed E-state index contributed by atoms with van der Waals surface area (Å²) in [5, 5.41) is 2.48. The quantitative estimate of drug-likeness (QED) is 0.235. The average Bonchev–Trinajstić information content (AvgIpc) is 3.45. The minimum absolute atomic E-state index is 0.0107. The van der Waals surface area contributed by atoms with Crippen molar-refractivity contribution in [2.24, 2.45) is 0 Å². The highest BCUT2D eigenvalue weighted by molar-refractivity contribution is 6.11. The number of hydrogen-bond acceptors (Lipinski definition) is 2. The van der Waals surface area contributed by atoms with Crippen molar-refractivity contribution < 1.29 is 0 Å². The lowest BCUT2D eigenvalue weighted by Gasteiger charge is -2.24. The third kappa shape index (κ3) is 3.37. The average molecular weight is 516 g/mol. The molecule has 0 bridgehead atoms. The zero-order valence-corrected chi connectivity index (χ0v) is 22.7. The molecule has 0 radical (unpaired) electrons. The minimum atomic E-state index is -0.0107. The lowest BCUT2D eigenvalue weighted by atomic mass is 9.80. The van der Waals surface area contributed by atoms with Crippen LogP contribution in [0.1, 0.15) is 37.8 Å². The third-order valence-corrected chi connectivity index (χ3v) is 8.71. The van der Waals surface area contributed by atoms with Gasteiger partial charge in [0.2, 0.25) is 5.95 Å². The van der Waals surface area contributed by atoms with Crippen LogP contribution in [-0.2, 0) is 5.41 Å². The molecule has 2 heterocycles. The predicted octanol–water partition coefficient (Wildman–Crippen LogP) is 9.30. The van der Waals surface area contributed by atoms with Crippen LogP contribution in [0.3, 0.4) is 0 Å². The molecule has 6 aromatic rings. The highest BCUT2D eigenvalue weighted by Crippen LogP contribution is 2.51. The number of para-hydroxylation sites is 1. The molecule has 0 aliphatic heterocycles. The van der Waals surface area contributed by atoms with E-state index in [2.05, 4.69) is 122 Å². The van der Waals surface area contributed by atoms with Crippen LogP contribution in [0, 0.1) is 0 Å². The lowest BCUT2D eigenvalue weighted by Crippen LogP contribution is -2.16. The number of nitrogens with zero attached hydrogens (tertiary/aromatic N) is 3. The molecule has 4 aromatic carbocycles. The van der Waals surface area contributed by atoms with Crippen molar-refractivity contribution in [1.82, 2.24) is 14.5 Å². The summed E-state index contributed by atoms with van der Waals surface area (Å²) in [6.07, 6.45) is 6.87. The van der Waals surface area contributed by atoms with E-state index in [1.807, 2.05) is 12.1 Å². The van der Waals surface area contributed by atoms with Gasteiger partial charge in [0.1, 0.15) is 0 Å². The van der Waals surface area contributed by atoms with E-state index in [0.29, 0.717) is 5.95 Å². The Labute approximate surface area is 234 Å². The van der Waals surface area contributed by atoms with E-state index < -0.39 is 0 Å². The van der Waals surface area contributed by atoms with Crippen molar-refractivity contribution in [1.29, 1.82) is 0 Å². The van der Waals surface area contributed by atoms with Crippen molar-refractivity contribution >= 4 is 27.4 Å². The summed E-state index contributed by atoms with van der Waals surface area (Å²) >= 11 is 0. The first-order chi connectivity index (χ1) is 19.6. The Balaban J connectivity index is 1.45. The minimum Gasteiger partial charge on any atom is -0.278 e. The van der Waals surface area contributed by atoms with Crippen LogP contribution >= 0.6 is 0 Å². The summed E-state index contributed by atoms with van der Waals surface area (Å²) < 4.78 is 2.27. The molecule has 0 N–H and O–H groups in total. The van der Waals surface area contributed by atoms with Gasteiger partial charge in [-0.3, -0.25) is 4.57 Å². The summed E-state index contributed by atoms with van der Waals surface area (Å²) in [5.41, 5.74) is 12.0. The Hall–Kier alpha value is -4.76. The first kappa shape index (κ1) is 23.2. The molecule has 0 saturated carbocycles.